The summed E-state index contributed by atoms with van der Waals surface area (Å²) in [6.45, 7) is 1.78. The molecule has 2 aliphatic rings. The Kier molecular flexibility index (Phi) is 3.15. The summed E-state index contributed by atoms with van der Waals surface area (Å²) in [5.74, 6) is 3.61. The molecule has 2 aliphatic heterocycles. The van der Waals surface area contributed by atoms with Crippen LogP contribution >= 0.6 is 0 Å². The zero-order valence-electron chi connectivity index (χ0n) is 11.9. The first-order valence-corrected chi connectivity index (χ1v) is 7.61. The number of aliphatic hydroxyl groups is 1. The Labute approximate surface area is 123 Å². The van der Waals surface area contributed by atoms with Gasteiger partial charge in [0, 0.05) is 31.1 Å². The second-order valence-electron chi connectivity index (χ2n) is 5.90. The minimum Gasteiger partial charge on any atom is -0.493 e. The van der Waals surface area contributed by atoms with Crippen molar-refractivity contribution in [1.29, 1.82) is 0 Å². The van der Waals surface area contributed by atoms with Crippen LogP contribution in [0.1, 0.15) is 36.0 Å². The van der Waals surface area contributed by atoms with Crippen molar-refractivity contribution >= 4 is 0 Å². The molecule has 4 rings (SSSR count). The van der Waals surface area contributed by atoms with Gasteiger partial charge in [-0.1, -0.05) is 18.2 Å². The van der Waals surface area contributed by atoms with Gasteiger partial charge < -0.3 is 14.4 Å². The average molecular weight is 285 g/mol. The second-order valence-corrected chi connectivity index (χ2v) is 5.90. The molecule has 2 unspecified atom stereocenters. The van der Waals surface area contributed by atoms with E-state index in [1.54, 1.807) is 0 Å². The van der Waals surface area contributed by atoms with Crippen LogP contribution in [0.5, 0.6) is 5.75 Å². The number of nitrogens with zero attached hydrogens (tertiary/aromatic N) is 3. The molecule has 0 amide bonds. The van der Waals surface area contributed by atoms with Crippen molar-refractivity contribution in [3.63, 3.8) is 0 Å². The van der Waals surface area contributed by atoms with Crippen molar-refractivity contribution in [2.45, 2.75) is 31.7 Å². The first-order chi connectivity index (χ1) is 10.4. The highest BCUT2D eigenvalue weighted by atomic mass is 16.5. The molecular formula is C16H19N3O2. The fourth-order valence-corrected chi connectivity index (χ4v) is 3.43. The van der Waals surface area contributed by atoms with E-state index >= 15 is 0 Å². The van der Waals surface area contributed by atoms with Crippen molar-refractivity contribution in [3.05, 3.63) is 41.5 Å². The first kappa shape index (κ1) is 12.8. The fraction of sp³-hybridized carbons (Fsp3) is 0.500. The van der Waals surface area contributed by atoms with Gasteiger partial charge in [0.15, 0.2) is 0 Å². The third-order valence-corrected chi connectivity index (χ3v) is 4.60. The zero-order valence-corrected chi connectivity index (χ0v) is 11.9. The maximum Gasteiger partial charge on any atom is 0.140 e. The van der Waals surface area contributed by atoms with Crippen LogP contribution in [0.25, 0.3) is 0 Å². The highest BCUT2D eigenvalue weighted by molar-refractivity contribution is 5.41. The van der Waals surface area contributed by atoms with Gasteiger partial charge in [-0.2, -0.15) is 0 Å². The lowest BCUT2D eigenvalue weighted by Crippen LogP contribution is -2.26. The predicted molar refractivity (Wildman–Crippen MR) is 77.3 cm³/mol. The summed E-state index contributed by atoms with van der Waals surface area (Å²) in [5.41, 5.74) is 1.20. The van der Waals surface area contributed by atoms with E-state index in [0.717, 1.165) is 43.2 Å². The smallest absolute Gasteiger partial charge is 0.140 e. The van der Waals surface area contributed by atoms with Gasteiger partial charge in [0.05, 0.1) is 12.5 Å². The molecule has 0 fully saturated rings. The van der Waals surface area contributed by atoms with E-state index < -0.39 is 0 Å². The van der Waals surface area contributed by atoms with Crippen LogP contribution in [0.3, 0.4) is 0 Å². The average Bonchev–Trinajstić information content (AvgIpc) is 2.97. The van der Waals surface area contributed by atoms with Crippen LogP contribution in [0.4, 0.5) is 0 Å². The predicted octanol–water partition coefficient (Wildman–Crippen LogP) is 1.75. The summed E-state index contributed by atoms with van der Waals surface area (Å²) < 4.78 is 7.96. The van der Waals surface area contributed by atoms with Crippen molar-refractivity contribution < 1.29 is 9.84 Å². The van der Waals surface area contributed by atoms with Gasteiger partial charge in [0.25, 0.3) is 0 Å². The molecule has 1 aromatic carbocycles. The monoisotopic (exact) mass is 285 g/mol. The SMILES string of the molecule is OCC1CCc2nnc(C3CCOc4ccccc43)n2C1. The quantitative estimate of drug-likeness (QED) is 0.913. The molecule has 5 nitrogen and oxygen atoms in total. The van der Waals surface area contributed by atoms with Gasteiger partial charge in [-0.15, -0.1) is 10.2 Å². The van der Waals surface area contributed by atoms with E-state index in [1.165, 1.54) is 5.56 Å². The number of hydrogen-bond acceptors (Lipinski definition) is 4. The lowest BCUT2D eigenvalue weighted by atomic mass is 9.91. The van der Waals surface area contributed by atoms with Crippen molar-refractivity contribution in [2.75, 3.05) is 13.2 Å². The molecule has 0 saturated carbocycles. The van der Waals surface area contributed by atoms with Crippen LogP contribution in [-0.4, -0.2) is 33.1 Å². The molecule has 0 bridgehead atoms. The summed E-state index contributed by atoms with van der Waals surface area (Å²) in [7, 11) is 0. The third kappa shape index (κ3) is 2.12. The maximum atomic E-state index is 9.44. The number of aryl methyl sites for hydroxylation is 1. The molecule has 21 heavy (non-hydrogen) atoms. The highest BCUT2D eigenvalue weighted by Crippen LogP contribution is 2.38. The molecule has 3 heterocycles. The Hall–Kier alpha value is -1.88. The van der Waals surface area contributed by atoms with E-state index in [0.29, 0.717) is 12.5 Å². The molecule has 1 aromatic heterocycles. The Morgan fingerprint density at radius 3 is 3.05 bits per heavy atom. The Bertz CT molecular complexity index is 653. The topological polar surface area (TPSA) is 60.2 Å². The van der Waals surface area contributed by atoms with E-state index in [1.807, 2.05) is 18.2 Å². The van der Waals surface area contributed by atoms with E-state index in [2.05, 4.69) is 20.8 Å². The Morgan fingerprint density at radius 1 is 1.24 bits per heavy atom. The van der Waals surface area contributed by atoms with E-state index in [-0.39, 0.29) is 12.5 Å². The van der Waals surface area contributed by atoms with Gasteiger partial charge >= 0.3 is 0 Å². The van der Waals surface area contributed by atoms with Gasteiger partial charge in [0.1, 0.15) is 17.4 Å². The first-order valence-electron chi connectivity index (χ1n) is 7.61. The highest BCUT2D eigenvalue weighted by Gasteiger charge is 2.30. The van der Waals surface area contributed by atoms with Gasteiger partial charge in [0.2, 0.25) is 0 Å². The van der Waals surface area contributed by atoms with Crippen LogP contribution in [0.15, 0.2) is 24.3 Å². The lowest BCUT2D eigenvalue weighted by molar-refractivity contribution is 0.188. The standard InChI is InChI=1S/C16H19N3O2/c20-10-11-5-6-15-17-18-16(19(15)9-11)13-7-8-21-14-4-2-1-3-12(13)14/h1-4,11,13,20H,5-10H2. The molecule has 0 saturated heterocycles. The number of benzene rings is 1. The summed E-state index contributed by atoms with van der Waals surface area (Å²) >= 11 is 0. The Morgan fingerprint density at radius 2 is 2.14 bits per heavy atom. The number of aromatic nitrogens is 3. The summed E-state index contributed by atoms with van der Waals surface area (Å²) in [4.78, 5) is 0. The molecule has 2 aromatic rings. The molecular weight excluding hydrogens is 266 g/mol. The number of para-hydroxylation sites is 1. The molecule has 110 valence electrons. The van der Waals surface area contributed by atoms with Crippen molar-refractivity contribution in [2.24, 2.45) is 5.92 Å². The van der Waals surface area contributed by atoms with Crippen LogP contribution in [0.2, 0.25) is 0 Å². The number of ether oxygens (including phenoxy) is 1. The summed E-state index contributed by atoms with van der Waals surface area (Å²) in [6, 6.07) is 8.19. The number of rotatable bonds is 2. The maximum absolute atomic E-state index is 9.44. The van der Waals surface area contributed by atoms with Crippen molar-refractivity contribution in [1.82, 2.24) is 14.8 Å². The second kappa shape index (κ2) is 5.15. The van der Waals surface area contributed by atoms with Gasteiger partial charge in [-0.25, -0.2) is 0 Å². The Balaban J connectivity index is 1.74. The molecule has 0 spiro atoms. The molecule has 2 atom stereocenters. The third-order valence-electron chi connectivity index (χ3n) is 4.60. The molecule has 0 radical (unpaired) electrons. The zero-order chi connectivity index (χ0) is 14.2. The number of aliphatic hydroxyl groups excluding tert-OH is 1. The van der Waals surface area contributed by atoms with Crippen LogP contribution in [-0.2, 0) is 13.0 Å². The minimum atomic E-state index is 0.238. The molecule has 1 N–H and O–H groups in total. The van der Waals surface area contributed by atoms with Crippen LogP contribution in [0, 0.1) is 5.92 Å². The lowest BCUT2D eigenvalue weighted by Gasteiger charge is -2.28. The van der Waals surface area contributed by atoms with E-state index in [9.17, 15) is 5.11 Å². The largest absolute Gasteiger partial charge is 0.493 e. The minimum absolute atomic E-state index is 0.238. The van der Waals surface area contributed by atoms with E-state index in [4.69, 9.17) is 4.74 Å². The number of hydrogen-bond donors (Lipinski definition) is 1. The van der Waals surface area contributed by atoms with Gasteiger partial charge in [-0.05, 0) is 18.9 Å². The normalized spacial score (nSPS) is 24.0. The van der Waals surface area contributed by atoms with Crippen molar-refractivity contribution in [3.8, 4) is 5.75 Å². The molecule has 5 heteroatoms. The summed E-state index contributed by atoms with van der Waals surface area (Å²) in [6.07, 6.45) is 2.83. The molecule has 0 aliphatic carbocycles. The summed E-state index contributed by atoms with van der Waals surface area (Å²) in [5, 5.41) is 18.3. The van der Waals surface area contributed by atoms with Crippen LogP contribution < -0.4 is 4.74 Å². The van der Waals surface area contributed by atoms with Gasteiger partial charge in [-0.3, -0.25) is 0 Å². The fourth-order valence-electron chi connectivity index (χ4n) is 3.43. The number of fused-ring (bicyclic) bond motifs is 2.